The van der Waals surface area contributed by atoms with Crippen molar-refractivity contribution in [1.82, 2.24) is 15.1 Å². The highest BCUT2D eigenvalue weighted by Gasteiger charge is 2.43. The number of carbonyl (C=O) groups excluding carboxylic acids is 1. The van der Waals surface area contributed by atoms with E-state index in [1.807, 2.05) is 26.5 Å². The smallest absolute Gasteiger partial charge is 0.237 e. The van der Waals surface area contributed by atoms with Crippen molar-refractivity contribution in [2.24, 2.45) is 12.8 Å². The second-order valence-corrected chi connectivity index (χ2v) is 5.90. The van der Waals surface area contributed by atoms with Crippen LogP contribution in [-0.2, 0) is 11.8 Å². The number of thioether (sulfide) groups is 1. The fraction of sp³-hybridized carbons (Fsp3) is 0.636. The molecule has 94 valence electrons. The molecule has 5 nitrogen and oxygen atoms in total. The molecule has 0 radical (unpaired) electrons. The van der Waals surface area contributed by atoms with E-state index in [-0.39, 0.29) is 5.91 Å². The van der Waals surface area contributed by atoms with E-state index in [0.717, 1.165) is 24.2 Å². The number of rotatable bonds is 4. The van der Waals surface area contributed by atoms with Crippen molar-refractivity contribution in [1.29, 1.82) is 0 Å². The van der Waals surface area contributed by atoms with E-state index in [2.05, 4.69) is 10.4 Å². The van der Waals surface area contributed by atoms with Gasteiger partial charge in [-0.2, -0.15) is 5.10 Å². The summed E-state index contributed by atoms with van der Waals surface area (Å²) in [5, 5.41) is 7.66. The first-order valence-electron chi connectivity index (χ1n) is 5.70. The largest absolute Gasteiger partial charge is 0.368 e. The second kappa shape index (κ2) is 4.70. The van der Waals surface area contributed by atoms with Gasteiger partial charge in [0.15, 0.2) is 0 Å². The molecule has 1 heterocycles. The Hall–Kier alpha value is -1.01. The number of likely N-dealkylation sites (N-methyl/N-ethyl adjacent to an activating group) is 1. The van der Waals surface area contributed by atoms with Crippen molar-refractivity contribution in [2.45, 2.75) is 34.9 Å². The van der Waals surface area contributed by atoms with Crippen molar-refractivity contribution < 1.29 is 4.79 Å². The average Bonchev–Trinajstić information content (AvgIpc) is 2.87. The number of aryl methyl sites for hydroxylation is 1. The zero-order valence-corrected chi connectivity index (χ0v) is 11.0. The lowest BCUT2D eigenvalue weighted by Crippen LogP contribution is -2.52. The van der Waals surface area contributed by atoms with E-state index in [1.165, 1.54) is 0 Å². The van der Waals surface area contributed by atoms with Crippen LogP contribution in [-0.4, -0.2) is 33.5 Å². The number of primary amides is 1. The Morgan fingerprint density at radius 1 is 1.76 bits per heavy atom. The maximum atomic E-state index is 11.5. The van der Waals surface area contributed by atoms with Gasteiger partial charge in [0.25, 0.3) is 0 Å². The zero-order chi connectivity index (χ0) is 12.5. The molecule has 0 bridgehead atoms. The van der Waals surface area contributed by atoms with Gasteiger partial charge in [-0.1, -0.05) is 0 Å². The fourth-order valence-corrected chi connectivity index (χ4v) is 3.64. The predicted molar refractivity (Wildman–Crippen MR) is 67.7 cm³/mol. The van der Waals surface area contributed by atoms with Gasteiger partial charge in [-0.3, -0.25) is 9.48 Å². The third-order valence-electron chi connectivity index (χ3n) is 3.40. The van der Waals surface area contributed by atoms with Crippen LogP contribution in [0.25, 0.3) is 0 Å². The molecule has 1 fully saturated rings. The van der Waals surface area contributed by atoms with Crippen molar-refractivity contribution >= 4 is 17.7 Å². The molecule has 1 aliphatic carbocycles. The van der Waals surface area contributed by atoms with Gasteiger partial charge in [-0.25, -0.2) is 0 Å². The van der Waals surface area contributed by atoms with Gasteiger partial charge in [0.1, 0.15) is 0 Å². The Bertz CT molecular complexity index is 419. The van der Waals surface area contributed by atoms with E-state index in [4.69, 9.17) is 5.73 Å². The maximum absolute atomic E-state index is 11.5. The molecule has 0 saturated heterocycles. The van der Waals surface area contributed by atoms with Gasteiger partial charge in [-0.15, -0.1) is 11.8 Å². The van der Waals surface area contributed by atoms with Crippen LogP contribution < -0.4 is 11.1 Å². The number of hydrogen-bond donors (Lipinski definition) is 2. The average molecular weight is 254 g/mol. The number of nitrogens with one attached hydrogen (secondary N) is 1. The number of aromatic nitrogens is 2. The maximum Gasteiger partial charge on any atom is 0.237 e. The van der Waals surface area contributed by atoms with Crippen molar-refractivity contribution in [3.8, 4) is 0 Å². The molecular formula is C11H18N4OS. The Labute approximate surface area is 105 Å². The number of nitrogens with zero attached hydrogens (tertiary/aromatic N) is 2. The van der Waals surface area contributed by atoms with E-state index >= 15 is 0 Å². The van der Waals surface area contributed by atoms with E-state index < -0.39 is 5.54 Å². The predicted octanol–water partition coefficient (Wildman–Crippen LogP) is 0.508. The second-order valence-electron chi connectivity index (χ2n) is 4.53. The zero-order valence-electron chi connectivity index (χ0n) is 10.1. The lowest BCUT2D eigenvalue weighted by Gasteiger charge is -2.24. The van der Waals surface area contributed by atoms with Gasteiger partial charge in [0.05, 0.1) is 11.7 Å². The molecule has 2 unspecified atom stereocenters. The van der Waals surface area contributed by atoms with Crippen LogP contribution in [0.1, 0.15) is 19.3 Å². The molecule has 1 aromatic heterocycles. The SMILES string of the molecule is CNC1(C(N)=O)CCC(Sc2cnn(C)c2)C1. The molecule has 3 N–H and O–H groups in total. The summed E-state index contributed by atoms with van der Waals surface area (Å²) >= 11 is 1.78. The first-order valence-corrected chi connectivity index (χ1v) is 6.58. The number of nitrogens with two attached hydrogens (primary N) is 1. The summed E-state index contributed by atoms with van der Waals surface area (Å²) in [5.41, 5.74) is 4.96. The van der Waals surface area contributed by atoms with Gasteiger partial charge in [0, 0.05) is 23.4 Å². The highest BCUT2D eigenvalue weighted by Crippen LogP contribution is 2.39. The highest BCUT2D eigenvalue weighted by atomic mass is 32.2. The van der Waals surface area contributed by atoms with Gasteiger partial charge in [0.2, 0.25) is 5.91 Å². The Morgan fingerprint density at radius 3 is 3.00 bits per heavy atom. The molecule has 2 atom stereocenters. The quantitative estimate of drug-likeness (QED) is 0.821. The minimum atomic E-state index is -0.514. The number of hydrogen-bond acceptors (Lipinski definition) is 4. The Balaban J connectivity index is 2.00. The van der Waals surface area contributed by atoms with Gasteiger partial charge >= 0.3 is 0 Å². The van der Waals surface area contributed by atoms with Crippen molar-refractivity contribution in [3.63, 3.8) is 0 Å². The molecular weight excluding hydrogens is 236 g/mol. The number of carbonyl (C=O) groups is 1. The Morgan fingerprint density at radius 2 is 2.53 bits per heavy atom. The monoisotopic (exact) mass is 254 g/mol. The first kappa shape index (κ1) is 12.4. The van der Waals surface area contributed by atoms with Gasteiger partial charge in [-0.05, 0) is 26.3 Å². The molecule has 0 aromatic carbocycles. The molecule has 6 heteroatoms. The molecule has 0 aliphatic heterocycles. The van der Waals surface area contributed by atoms with Crippen LogP contribution in [0.15, 0.2) is 17.3 Å². The third kappa shape index (κ3) is 2.47. The molecule has 1 saturated carbocycles. The lowest BCUT2D eigenvalue weighted by molar-refractivity contribution is -0.124. The molecule has 1 amide bonds. The van der Waals surface area contributed by atoms with Crippen LogP contribution in [0.2, 0.25) is 0 Å². The summed E-state index contributed by atoms with van der Waals surface area (Å²) < 4.78 is 1.79. The fourth-order valence-electron chi connectivity index (χ4n) is 2.33. The molecule has 17 heavy (non-hydrogen) atoms. The first-order chi connectivity index (χ1) is 8.05. The third-order valence-corrected chi connectivity index (χ3v) is 4.62. The topological polar surface area (TPSA) is 72.9 Å². The molecule has 1 aromatic rings. The summed E-state index contributed by atoms with van der Waals surface area (Å²) in [7, 11) is 3.71. The molecule has 2 rings (SSSR count). The Kier molecular flexibility index (Phi) is 3.44. The normalized spacial score (nSPS) is 28.5. The molecule has 1 aliphatic rings. The van der Waals surface area contributed by atoms with E-state index in [1.54, 1.807) is 16.4 Å². The lowest BCUT2D eigenvalue weighted by atomic mass is 9.97. The minimum absolute atomic E-state index is 0.241. The van der Waals surface area contributed by atoms with Crippen molar-refractivity contribution in [2.75, 3.05) is 7.05 Å². The summed E-state index contributed by atoms with van der Waals surface area (Å²) in [5.74, 6) is -0.241. The van der Waals surface area contributed by atoms with Crippen LogP contribution in [0.3, 0.4) is 0 Å². The summed E-state index contributed by atoms with van der Waals surface area (Å²) in [6.07, 6.45) is 6.46. The minimum Gasteiger partial charge on any atom is -0.368 e. The highest BCUT2D eigenvalue weighted by molar-refractivity contribution is 8.00. The van der Waals surface area contributed by atoms with E-state index in [0.29, 0.717) is 5.25 Å². The van der Waals surface area contributed by atoms with Crippen LogP contribution in [0.4, 0.5) is 0 Å². The van der Waals surface area contributed by atoms with Crippen molar-refractivity contribution in [3.05, 3.63) is 12.4 Å². The molecule has 0 spiro atoms. The summed E-state index contributed by atoms with van der Waals surface area (Å²) in [6.45, 7) is 0. The van der Waals surface area contributed by atoms with Crippen LogP contribution >= 0.6 is 11.8 Å². The van der Waals surface area contributed by atoms with E-state index in [9.17, 15) is 4.79 Å². The number of amides is 1. The summed E-state index contributed by atoms with van der Waals surface area (Å²) in [6, 6.07) is 0. The summed E-state index contributed by atoms with van der Waals surface area (Å²) in [4.78, 5) is 12.6. The van der Waals surface area contributed by atoms with Crippen LogP contribution in [0, 0.1) is 0 Å². The van der Waals surface area contributed by atoms with Gasteiger partial charge < -0.3 is 11.1 Å². The van der Waals surface area contributed by atoms with Crippen LogP contribution in [0.5, 0.6) is 0 Å². The standard InChI is InChI=1S/C11H18N4OS/c1-13-11(10(12)16)4-3-8(5-11)17-9-6-14-15(2)7-9/h6-8,13H,3-5H2,1-2H3,(H2,12,16).